The molecular weight excluding hydrogens is 318 g/mol. The highest BCUT2D eigenvalue weighted by molar-refractivity contribution is 7.93. The average Bonchev–Trinajstić information content (AvgIpc) is 2.86. The van der Waals surface area contributed by atoms with Gasteiger partial charge in [0.15, 0.2) is 5.78 Å². The number of ketones is 1. The van der Waals surface area contributed by atoms with Crippen LogP contribution in [-0.4, -0.2) is 31.2 Å². The first-order valence-electron chi connectivity index (χ1n) is 6.78. The lowest BCUT2D eigenvalue weighted by molar-refractivity contribution is 0.101. The van der Waals surface area contributed by atoms with Gasteiger partial charge in [-0.25, -0.2) is 13.2 Å². The number of carbonyl (C=O) groups excluding carboxylic acids is 2. The lowest BCUT2D eigenvalue weighted by Gasteiger charge is -2.16. The summed E-state index contributed by atoms with van der Waals surface area (Å²) in [4.78, 5) is 26.3. The number of carbonyl (C=O) groups is 2. The van der Waals surface area contributed by atoms with Crippen LogP contribution >= 0.6 is 0 Å². The Morgan fingerprint density at radius 1 is 1.35 bits per heavy atom. The van der Waals surface area contributed by atoms with Crippen molar-refractivity contribution in [1.29, 1.82) is 0 Å². The molecular formula is C15H13N3O4S. The van der Waals surface area contributed by atoms with E-state index in [4.69, 9.17) is 0 Å². The number of fused-ring (bicyclic) bond motifs is 1. The van der Waals surface area contributed by atoms with Crippen LogP contribution in [-0.2, 0) is 10.0 Å². The summed E-state index contributed by atoms with van der Waals surface area (Å²) in [5.41, 5.74) is 1.52. The van der Waals surface area contributed by atoms with Gasteiger partial charge >= 0.3 is 6.03 Å². The molecule has 0 saturated carbocycles. The van der Waals surface area contributed by atoms with E-state index in [1.807, 2.05) is 0 Å². The maximum Gasteiger partial charge on any atom is 0.346 e. The van der Waals surface area contributed by atoms with Crippen LogP contribution in [0.15, 0.2) is 53.2 Å². The second kappa shape index (κ2) is 5.47. The Morgan fingerprint density at radius 3 is 2.87 bits per heavy atom. The van der Waals surface area contributed by atoms with Crippen molar-refractivity contribution < 1.29 is 18.0 Å². The molecule has 0 saturated heterocycles. The summed E-state index contributed by atoms with van der Waals surface area (Å²) in [5.74, 6) is -0.153. The molecule has 3 rings (SSSR count). The Kier molecular flexibility index (Phi) is 3.61. The molecule has 0 fully saturated rings. The maximum absolute atomic E-state index is 12.5. The number of benzene rings is 1. The van der Waals surface area contributed by atoms with E-state index in [0.29, 0.717) is 22.7 Å². The van der Waals surface area contributed by atoms with Crippen molar-refractivity contribution in [2.24, 2.45) is 4.99 Å². The average molecular weight is 331 g/mol. The standard InChI is InChI=1S/C15H13N3O4S/c1-9(19)10-3-2-4-11(7-10)18-23(21,22)12-5-6-13-14(8-12)17-15(20)16-13/h2-8,12,18H,1H3,(H,17,20). The third-order valence-corrected chi connectivity index (χ3v) is 4.93. The summed E-state index contributed by atoms with van der Waals surface area (Å²) in [6.07, 6.45) is 4.35. The molecule has 2 N–H and O–H groups in total. The number of nitrogens with one attached hydrogen (secondary N) is 2. The topological polar surface area (TPSA) is 105 Å². The van der Waals surface area contributed by atoms with Crippen molar-refractivity contribution in [3.05, 3.63) is 53.8 Å². The van der Waals surface area contributed by atoms with E-state index >= 15 is 0 Å². The molecule has 0 aromatic heterocycles. The van der Waals surface area contributed by atoms with Crippen LogP contribution < -0.4 is 10.0 Å². The Balaban J connectivity index is 1.85. The highest BCUT2D eigenvalue weighted by Gasteiger charge is 2.28. The summed E-state index contributed by atoms with van der Waals surface area (Å²) in [6.45, 7) is 1.41. The maximum atomic E-state index is 12.5. The van der Waals surface area contributed by atoms with Gasteiger partial charge in [0, 0.05) is 11.3 Å². The third kappa shape index (κ3) is 3.07. The molecule has 118 valence electrons. The van der Waals surface area contributed by atoms with E-state index in [-0.39, 0.29) is 5.78 Å². The number of sulfonamides is 1. The first kappa shape index (κ1) is 15.2. The zero-order valence-electron chi connectivity index (χ0n) is 12.1. The number of Topliss-reactive ketones (excluding diaryl/α,β-unsaturated/α-hetero) is 1. The van der Waals surface area contributed by atoms with Crippen molar-refractivity contribution in [3.8, 4) is 0 Å². The van der Waals surface area contributed by atoms with Crippen LogP contribution in [0.25, 0.3) is 0 Å². The molecule has 1 unspecified atom stereocenters. The molecule has 2 aliphatic rings. The Hall–Kier alpha value is -2.74. The van der Waals surface area contributed by atoms with Gasteiger partial charge in [-0.1, -0.05) is 18.2 Å². The second-order valence-corrected chi connectivity index (χ2v) is 6.95. The SMILES string of the molecule is CC(=O)c1cccc(NS(=O)(=O)C2C=CC3=NC(=O)NC3=C2)c1. The van der Waals surface area contributed by atoms with Crippen LogP contribution in [0.2, 0.25) is 0 Å². The molecule has 1 aromatic carbocycles. The van der Waals surface area contributed by atoms with Crippen molar-refractivity contribution >= 4 is 33.2 Å². The largest absolute Gasteiger partial charge is 0.346 e. The number of nitrogens with zero attached hydrogens (tertiary/aromatic N) is 1. The van der Waals surface area contributed by atoms with Crippen LogP contribution in [0.5, 0.6) is 0 Å². The van der Waals surface area contributed by atoms with Crippen LogP contribution in [0.3, 0.4) is 0 Å². The van der Waals surface area contributed by atoms with Gasteiger partial charge in [-0.3, -0.25) is 9.52 Å². The Morgan fingerprint density at radius 2 is 2.13 bits per heavy atom. The monoisotopic (exact) mass is 331 g/mol. The molecule has 1 atom stereocenters. The second-order valence-electron chi connectivity index (χ2n) is 5.12. The van der Waals surface area contributed by atoms with E-state index in [2.05, 4.69) is 15.0 Å². The number of aliphatic imine (C=N–C) groups is 1. The molecule has 0 radical (unpaired) electrons. The molecule has 23 heavy (non-hydrogen) atoms. The molecule has 7 nitrogen and oxygen atoms in total. The van der Waals surface area contributed by atoms with Gasteiger partial charge in [-0.15, -0.1) is 0 Å². The van der Waals surface area contributed by atoms with Gasteiger partial charge in [-0.2, -0.15) is 4.99 Å². The molecule has 1 aliphatic heterocycles. The van der Waals surface area contributed by atoms with Crippen LogP contribution in [0.1, 0.15) is 17.3 Å². The first-order chi connectivity index (χ1) is 10.8. The normalized spacial score (nSPS) is 19.5. The number of allylic oxidation sites excluding steroid dienone is 1. The van der Waals surface area contributed by atoms with E-state index in [0.717, 1.165) is 0 Å². The van der Waals surface area contributed by atoms with Gasteiger partial charge in [-0.05, 0) is 31.2 Å². The highest BCUT2D eigenvalue weighted by Crippen LogP contribution is 2.20. The summed E-state index contributed by atoms with van der Waals surface area (Å²) in [6, 6.07) is 5.74. The van der Waals surface area contributed by atoms with Crippen molar-refractivity contribution in [3.63, 3.8) is 0 Å². The quantitative estimate of drug-likeness (QED) is 0.818. The zero-order chi connectivity index (χ0) is 16.6. The predicted octanol–water partition coefficient (Wildman–Crippen LogP) is 1.62. The molecule has 1 heterocycles. The Labute approximate surface area is 132 Å². The lowest BCUT2D eigenvalue weighted by Crippen LogP contribution is -2.29. The minimum Gasteiger partial charge on any atom is -0.304 e. The van der Waals surface area contributed by atoms with Gasteiger partial charge in [0.1, 0.15) is 5.25 Å². The summed E-state index contributed by atoms with van der Waals surface area (Å²) in [5, 5.41) is 1.53. The molecule has 1 aromatic rings. The summed E-state index contributed by atoms with van der Waals surface area (Å²) in [7, 11) is -3.77. The smallest absolute Gasteiger partial charge is 0.304 e. The summed E-state index contributed by atoms with van der Waals surface area (Å²) >= 11 is 0. The lowest BCUT2D eigenvalue weighted by atomic mass is 10.1. The highest BCUT2D eigenvalue weighted by atomic mass is 32.2. The van der Waals surface area contributed by atoms with Crippen LogP contribution in [0, 0.1) is 0 Å². The Bertz CT molecular complexity index is 897. The fourth-order valence-electron chi connectivity index (χ4n) is 2.26. The fourth-order valence-corrected chi connectivity index (χ4v) is 3.46. The molecule has 8 heteroatoms. The van der Waals surface area contributed by atoms with Gasteiger partial charge in [0.25, 0.3) is 0 Å². The summed E-state index contributed by atoms with van der Waals surface area (Å²) < 4.78 is 27.4. The van der Waals surface area contributed by atoms with Crippen molar-refractivity contribution in [2.45, 2.75) is 12.2 Å². The minimum atomic E-state index is -3.77. The van der Waals surface area contributed by atoms with Gasteiger partial charge in [0.2, 0.25) is 10.0 Å². The van der Waals surface area contributed by atoms with Gasteiger partial charge < -0.3 is 5.32 Å². The third-order valence-electron chi connectivity index (χ3n) is 3.40. The van der Waals surface area contributed by atoms with E-state index in [9.17, 15) is 18.0 Å². The number of urea groups is 1. The number of hydrogen-bond donors (Lipinski definition) is 2. The molecule has 0 bridgehead atoms. The number of anilines is 1. The van der Waals surface area contributed by atoms with E-state index in [1.54, 1.807) is 18.2 Å². The number of hydrogen-bond acceptors (Lipinski definition) is 4. The predicted molar refractivity (Wildman–Crippen MR) is 86.0 cm³/mol. The molecule has 2 amide bonds. The zero-order valence-corrected chi connectivity index (χ0v) is 12.9. The van der Waals surface area contributed by atoms with E-state index in [1.165, 1.54) is 31.2 Å². The number of rotatable bonds is 4. The van der Waals surface area contributed by atoms with Crippen molar-refractivity contribution in [2.75, 3.05) is 4.72 Å². The van der Waals surface area contributed by atoms with Crippen molar-refractivity contribution in [1.82, 2.24) is 5.32 Å². The first-order valence-corrected chi connectivity index (χ1v) is 8.32. The number of amides is 2. The molecule has 1 aliphatic carbocycles. The van der Waals surface area contributed by atoms with Crippen LogP contribution in [0.4, 0.5) is 10.5 Å². The van der Waals surface area contributed by atoms with Gasteiger partial charge in [0.05, 0.1) is 11.4 Å². The van der Waals surface area contributed by atoms with E-state index < -0.39 is 21.3 Å². The minimum absolute atomic E-state index is 0.153. The molecule has 0 spiro atoms. The fraction of sp³-hybridized carbons (Fsp3) is 0.133.